The molecule has 1 aromatic rings. The first-order valence-electron chi connectivity index (χ1n) is 5.99. The number of rotatable bonds is 4. The number of benzene rings is 1. The predicted molar refractivity (Wildman–Crippen MR) is 68.1 cm³/mol. The Morgan fingerprint density at radius 1 is 1.25 bits per heavy atom. The average Bonchev–Trinajstić information content (AvgIpc) is 2.79. The van der Waals surface area contributed by atoms with E-state index in [2.05, 4.69) is 31.2 Å². The molecule has 1 aromatic carbocycles. The molecule has 88 valence electrons. The van der Waals surface area contributed by atoms with Crippen LogP contribution in [0.4, 0.5) is 0 Å². The van der Waals surface area contributed by atoms with Crippen LogP contribution in [0.2, 0.25) is 0 Å². The lowest BCUT2D eigenvalue weighted by molar-refractivity contribution is 0.161. The number of alkyl halides is 1. The first-order chi connectivity index (χ1) is 7.78. The molecular formula is C14H19ClO. The van der Waals surface area contributed by atoms with E-state index in [9.17, 15) is 0 Å². The monoisotopic (exact) mass is 238 g/mol. The predicted octanol–water partition coefficient (Wildman–Crippen LogP) is 3.44. The molecule has 0 radical (unpaired) electrons. The van der Waals surface area contributed by atoms with Crippen LogP contribution in [0.15, 0.2) is 24.3 Å². The molecule has 1 heterocycles. The summed E-state index contributed by atoms with van der Waals surface area (Å²) in [6.45, 7) is 3.85. The Hall–Kier alpha value is -0.530. The van der Waals surface area contributed by atoms with E-state index < -0.39 is 0 Å². The van der Waals surface area contributed by atoms with Gasteiger partial charge in [-0.15, -0.1) is 11.6 Å². The summed E-state index contributed by atoms with van der Waals surface area (Å²) in [5.74, 6) is 0.697. The molecule has 1 nitrogen and oxygen atoms in total. The number of aryl methyl sites for hydroxylation is 1. The van der Waals surface area contributed by atoms with Gasteiger partial charge < -0.3 is 4.74 Å². The topological polar surface area (TPSA) is 9.23 Å². The standard InChI is InChI=1S/C14H19ClO/c1-2-12-3-5-13(6-4-12)9-14(10-15)7-8-16-11-14/h3-6H,2,7-11H2,1H3. The Balaban J connectivity index is 2.07. The van der Waals surface area contributed by atoms with Gasteiger partial charge in [0.05, 0.1) is 6.61 Å². The Morgan fingerprint density at radius 2 is 1.94 bits per heavy atom. The molecule has 0 N–H and O–H groups in total. The molecule has 0 aromatic heterocycles. The maximum atomic E-state index is 6.09. The highest BCUT2D eigenvalue weighted by Crippen LogP contribution is 2.33. The van der Waals surface area contributed by atoms with Gasteiger partial charge in [0.15, 0.2) is 0 Å². The second kappa shape index (κ2) is 5.20. The lowest BCUT2D eigenvalue weighted by atomic mass is 9.83. The van der Waals surface area contributed by atoms with Gasteiger partial charge >= 0.3 is 0 Å². The lowest BCUT2D eigenvalue weighted by Gasteiger charge is -2.24. The van der Waals surface area contributed by atoms with Crippen LogP contribution in [0.25, 0.3) is 0 Å². The van der Waals surface area contributed by atoms with Crippen LogP contribution in [0, 0.1) is 5.41 Å². The van der Waals surface area contributed by atoms with Gasteiger partial charge in [-0.05, 0) is 30.4 Å². The van der Waals surface area contributed by atoms with E-state index in [1.54, 1.807) is 0 Å². The van der Waals surface area contributed by atoms with Crippen LogP contribution in [0.3, 0.4) is 0 Å². The molecule has 1 unspecified atom stereocenters. The van der Waals surface area contributed by atoms with E-state index in [0.29, 0.717) is 5.88 Å². The molecule has 1 fully saturated rings. The number of ether oxygens (including phenoxy) is 1. The molecule has 0 spiro atoms. The fraction of sp³-hybridized carbons (Fsp3) is 0.571. The van der Waals surface area contributed by atoms with Crippen molar-refractivity contribution in [2.45, 2.75) is 26.2 Å². The van der Waals surface area contributed by atoms with Crippen molar-refractivity contribution in [3.05, 3.63) is 35.4 Å². The van der Waals surface area contributed by atoms with E-state index >= 15 is 0 Å². The van der Waals surface area contributed by atoms with Crippen molar-refractivity contribution < 1.29 is 4.74 Å². The third-order valence-electron chi connectivity index (χ3n) is 3.48. The Kier molecular flexibility index (Phi) is 3.88. The zero-order valence-corrected chi connectivity index (χ0v) is 10.6. The molecule has 0 amide bonds. The van der Waals surface area contributed by atoms with Crippen molar-refractivity contribution in [3.8, 4) is 0 Å². The Bertz CT molecular complexity index is 325. The van der Waals surface area contributed by atoms with Crippen LogP contribution in [0.1, 0.15) is 24.5 Å². The third-order valence-corrected chi connectivity index (χ3v) is 4.05. The van der Waals surface area contributed by atoms with Crippen LogP contribution < -0.4 is 0 Å². The molecule has 1 aliphatic heterocycles. The minimum absolute atomic E-state index is 0.176. The molecule has 0 aliphatic carbocycles. The van der Waals surface area contributed by atoms with Crippen molar-refractivity contribution in [1.29, 1.82) is 0 Å². The van der Waals surface area contributed by atoms with E-state index in [1.165, 1.54) is 11.1 Å². The molecule has 1 saturated heterocycles. The molecular weight excluding hydrogens is 220 g/mol. The molecule has 0 bridgehead atoms. The van der Waals surface area contributed by atoms with Crippen molar-refractivity contribution in [2.24, 2.45) is 5.41 Å². The zero-order valence-electron chi connectivity index (χ0n) is 9.84. The minimum Gasteiger partial charge on any atom is -0.381 e. The van der Waals surface area contributed by atoms with E-state index in [4.69, 9.17) is 16.3 Å². The van der Waals surface area contributed by atoms with Crippen LogP contribution in [-0.4, -0.2) is 19.1 Å². The Morgan fingerprint density at radius 3 is 2.44 bits per heavy atom. The average molecular weight is 239 g/mol. The molecule has 2 heteroatoms. The van der Waals surface area contributed by atoms with Crippen LogP contribution in [-0.2, 0) is 17.6 Å². The smallest absolute Gasteiger partial charge is 0.0537 e. The van der Waals surface area contributed by atoms with Gasteiger partial charge in [0, 0.05) is 17.9 Å². The maximum absolute atomic E-state index is 6.09. The maximum Gasteiger partial charge on any atom is 0.0537 e. The first-order valence-corrected chi connectivity index (χ1v) is 6.53. The van der Waals surface area contributed by atoms with Crippen molar-refractivity contribution in [3.63, 3.8) is 0 Å². The summed E-state index contributed by atoms with van der Waals surface area (Å²) in [4.78, 5) is 0. The first kappa shape index (κ1) is 11.9. The number of hydrogen-bond acceptors (Lipinski definition) is 1. The van der Waals surface area contributed by atoms with Gasteiger partial charge in [-0.25, -0.2) is 0 Å². The Labute approximate surface area is 103 Å². The quantitative estimate of drug-likeness (QED) is 0.731. The van der Waals surface area contributed by atoms with E-state index in [0.717, 1.165) is 32.5 Å². The molecule has 1 aliphatic rings. The molecule has 0 saturated carbocycles. The van der Waals surface area contributed by atoms with Gasteiger partial charge in [0.1, 0.15) is 0 Å². The summed E-state index contributed by atoms with van der Waals surface area (Å²) in [5.41, 5.74) is 2.95. The summed E-state index contributed by atoms with van der Waals surface area (Å²) in [7, 11) is 0. The fourth-order valence-corrected chi connectivity index (χ4v) is 2.57. The summed E-state index contributed by atoms with van der Waals surface area (Å²) >= 11 is 6.09. The van der Waals surface area contributed by atoms with Crippen molar-refractivity contribution in [1.82, 2.24) is 0 Å². The summed E-state index contributed by atoms with van der Waals surface area (Å²) in [5, 5.41) is 0. The van der Waals surface area contributed by atoms with Crippen molar-refractivity contribution in [2.75, 3.05) is 19.1 Å². The SMILES string of the molecule is CCc1ccc(CC2(CCl)CCOC2)cc1. The fourth-order valence-electron chi connectivity index (χ4n) is 2.27. The molecule has 16 heavy (non-hydrogen) atoms. The van der Waals surface area contributed by atoms with Gasteiger partial charge in [0.25, 0.3) is 0 Å². The second-order valence-electron chi connectivity index (χ2n) is 4.78. The van der Waals surface area contributed by atoms with Gasteiger partial charge in [-0.3, -0.25) is 0 Å². The highest BCUT2D eigenvalue weighted by molar-refractivity contribution is 6.18. The van der Waals surface area contributed by atoms with Gasteiger partial charge in [-0.1, -0.05) is 31.2 Å². The lowest BCUT2D eigenvalue weighted by Crippen LogP contribution is -2.26. The van der Waals surface area contributed by atoms with E-state index in [1.807, 2.05) is 0 Å². The summed E-state index contributed by atoms with van der Waals surface area (Å²) < 4.78 is 5.48. The summed E-state index contributed by atoms with van der Waals surface area (Å²) in [6.07, 6.45) is 3.23. The summed E-state index contributed by atoms with van der Waals surface area (Å²) in [6, 6.07) is 8.89. The number of halogens is 1. The second-order valence-corrected chi connectivity index (χ2v) is 5.05. The highest BCUT2D eigenvalue weighted by atomic mass is 35.5. The van der Waals surface area contributed by atoms with Gasteiger partial charge in [0.2, 0.25) is 0 Å². The zero-order chi connectivity index (χ0) is 11.4. The van der Waals surface area contributed by atoms with Crippen molar-refractivity contribution >= 4 is 11.6 Å². The largest absolute Gasteiger partial charge is 0.381 e. The number of hydrogen-bond donors (Lipinski definition) is 0. The van der Waals surface area contributed by atoms with E-state index in [-0.39, 0.29) is 5.41 Å². The van der Waals surface area contributed by atoms with Crippen LogP contribution in [0.5, 0.6) is 0 Å². The third kappa shape index (κ3) is 2.58. The molecule has 1 atom stereocenters. The van der Waals surface area contributed by atoms with Crippen LogP contribution >= 0.6 is 11.6 Å². The van der Waals surface area contributed by atoms with Gasteiger partial charge in [-0.2, -0.15) is 0 Å². The molecule has 2 rings (SSSR count). The highest BCUT2D eigenvalue weighted by Gasteiger charge is 2.34. The normalized spacial score (nSPS) is 24.9. The minimum atomic E-state index is 0.176.